The van der Waals surface area contributed by atoms with Gasteiger partial charge in [0.2, 0.25) is 0 Å². The highest BCUT2D eigenvalue weighted by atomic mass is 14.3. The Balaban J connectivity index is 1.64. The standard InChI is InChI=1S/C12H22/c1-10-3-2-4-12(9-10)8-7-11-5-6-11/h10-12H,2-9H2,1H3/t10-,12+/m1/s1. The van der Waals surface area contributed by atoms with Crippen LogP contribution < -0.4 is 0 Å². The molecular formula is C12H22. The van der Waals surface area contributed by atoms with Crippen LogP contribution in [0.5, 0.6) is 0 Å². The molecule has 0 aromatic rings. The Morgan fingerprint density at radius 1 is 0.917 bits per heavy atom. The van der Waals surface area contributed by atoms with Crippen LogP contribution in [-0.2, 0) is 0 Å². The monoisotopic (exact) mass is 166 g/mol. The van der Waals surface area contributed by atoms with E-state index in [1.165, 1.54) is 25.7 Å². The molecule has 0 heterocycles. The predicted molar refractivity (Wildman–Crippen MR) is 53.1 cm³/mol. The maximum atomic E-state index is 2.43. The molecule has 2 rings (SSSR count). The van der Waals surface area contributed by atoms with Crippen molar-refractivity contribution in [3.05, 3.63) is 0 Å². The second-order valence-corrected chi connectivity index (χ2v) is 5.16. The molecule has 2 aliphatic carbocycles. The average molecular weight is 166 g/mol. The maximum Gasteiger partial charge on any atom is -0.0412 e. The third-order valence-electron chi connectivity index (χ3n) is 3.73. The van der Waals surface area contributed by atoms with Crippen LogP contribution in [0.15, 0.2) is 0 Å². The van der Waals surface area contributed by atoms with Gasteiger partial charge in [0.25, 0.3) is 0 Å². The zero-order chi connectivity index (χ0) is 8.39. The SMILES string of the molecule is C[C@@H]1CCC[C@@H](CCC2CC2)C1. The number of hydrogen-bond acceptors (Lipinski definition) is 0. The van der Waals surface area contributed by atoms with Crippen molar-refractivity contribution in [2.45, 2.75) is 58.3 Å². The molecule has 70 valence electrons. The minimum absolute atomic E-state index is 1.03. The summed E-state index contributed by atoms with van der Waals surface area (Å²) in [6, 6.07) is 0. The maximum absolute atomic E-state index is 2.43. The van der Waals surface area contributed by atoms with Crippen LogP contribution in [0.4, 0.5) is 0 Å². The van der Waals surface area contributed by atoms with Crippen LogP contribution in [-0.4, -0.2) is 0 Å². The molecule has 0 radical (unpaired) electrons. The van der Waals surface area contributed by atoms with Crippen LogP contribution in [0.25, 0.3) is 0 Å². The second-order valence-electron chi connectivity index (χ2n) is 5.16. The molecule has 0 spiro atoms. The van der Waals surface area contributed by atoms with Gasteiger partial charge in [0.05, 0.1) is 0 Å². The Hall–Kier alpha value is 0. The van der Waals surface area contributed by atoms with E-state index < -0.39 is 0 Å². The Morgan fingerprint density at radius 3 is 2.33 bits per heavy atom. The second kappa shape index (κ2) is 3.81. The molecule has 0 bridgehead atoms. The predicted octanol–water partition coefficient (Wildman–Crippen LogP) is 4.00. The smallest absolute Gasteiger partial charge is 0.0412 e. The zero-order valence-corrected chi connectivity index (χ0v) is 8.39. The fourth-order valence-corrected chi connectivity index (χ4v) is 2.70. The van der Waals surface area contributed by atoms with Crippen LogP contribution in [0.1, 0.15) is 58.3 Å². The summed E-state index contributed by atoms with van der Waals surface area (Å²) < 4.78 is 0. The van der Waals surface area contributed by atoms with Gasteiger partial charge in [-0.2, -0.15) is 0 Å². The van der Waals surface area contributed by atoms with Gasteiger partial charge < -0.3 is 0 Å². The highest BCUT2D eigenvalue weighted by molar-refractivity contribution is 4.77. The molecule has 0 aromatic carbocycles. The van der Waals surface area contributed by atoms with Gasteiger partial charge in [-0.25, -0.2) is 0 Å². The lowest BCUT2D eigenvalue weighted by molar-refractivity contribution is 0.262. The van der Waals surface area contributed by atoms with Crippen molar-refractivity contribution in [1.82, 2.24) is 0 Å². The Morgan fingerprint density at radius 2 is 1.67 bits per heavy atom. The molecule has 2 saturated carbocycles. The van der Waals surface area contributed by atoms with Crippen LogP contribution in [0, 0.1) is 17.8 Å². The number of rotatable bonds is 3. The molecule has 0 unspecified atom stereocenters. The fraction of sp³-hybridized carbons (Fsp3) is 1.00. The molecule has 2 fully saturated rings. The Kier molecular flexibility index (Phi) is 2.73. The van der Waals surface area contributed by atoms with E-state index in [2.05, 4.69) is 6.92 Å². The Bertz CT molecular complexity index is 135. The summed E-state index contributed by atoms with van der Waals surface area (Å²) in [5, 5.41) is 0. The largest absolute Gasteiger partial charge is 0.0625 e. The van der Waals surface area contributed by atoms with Crippen molar-refractivity contribution in [2.24, 2.45) is 17.8 Å². The topological polar surface area (TPSA) is 0 Å². The van der Waals surface area contributed by atoms with Crippen molar-refractivity contribution in [1.29, 1.82) is 0 Å². The fourth-order valence-electron chi connectivity index (χ4n) is 2.70. The van der Waals surface area contributed by atoms with Crippen molar-refractivity contribution in [3.8, 4) is 0 Å². The summed E-state index contributed by atoms with van der Waals surface area (Å²) >= 11 is 0. The first kappa shape index (κ1) is 8.59. The molecule has 0 aliphatic heterocycles. The minimum Gasteiger partial charge on any atom is -0.0625 e. The molecule has 0 N–H and O–H groups in total. The molecule has 0 aromatic heterocycles. The molecule has 12 heavy (non-hydrogen) atoms. The summed E-state index contributed by atoms with van der Waals surface area (Å²) in [4.78, 5) is 0. The third-order valence-corrected chi connectivity index (χ3v) is 3.73. The van der Waals surface area contributed by atoms with Crippen molar-refractivity contribution in [2.75, 3.05) is 0 Å². The van der Waals surface area contributed by atoms with Crippen LogP contribution in [0.3, 0.4) is 0 Å². The van der Waals surface area contributed by atoms with E-state index in [-0.39, 0.29) is 0 Å². The molecule has 2 atom stereocenters. The molecule has 0 heteroatoms. The molecule has 0 saturated heterocycles. The lowest BCUT2D eigenvalue weighted by Crippen LogP contribution is -2.13. The van der Waals surface area contributed by atoms with E-state index >= 15 is 0 Å². The molecule has 0 nitrogen and oxygen atoms in total. The van der Waals surface area contributed by atoms with Crippen molar-refractivity contribution in [3.63, 3.8) is 0 Å². The number of hydrogen-bond donors (Lipinski definition) is 0. The quantitative estimate of drug-likeness (QED) is 0.594. The van der Waals surface area contributed by atoms with Gasteiger partial charge in [-0.1, -0.05) is 51.9 Å². The lowest BCUT2D eigenvalue weighted by Gasteiger charge is -2.26. The lowest BCUT2D eigenvalue weighted by atomic mass is 9.80. The van der Waals surface area contributed by atoms with Gasteiger partial charge in [-0.15, -0.1) is 0 Å². The Labute approximate surface area is 76.7 Å². The molecule has 2 aliphatic rings. The van der Waals surface area contributed by atoms with Crippen LogP contribution >= 0.6 is 0 Å². The minimum atomic E-state index is 1.03. The summed E-state index contributed by atoms with van der Waals surface area (Å²) in [6.45, 7) is 2.43. The van der Waals surface area contributed by atoms with Gasteiger partial charge in [0.1, 0.15) is 0 Å². The summed E-state index contributed by atoms with van der Waals surface area (Å²) in [5.74, 6) is 3.29. The van der Waals surface area contributed by atoms with Gasteiger partial charge >= 0.3 is 0 Å². The van der Waals surface area contributed by atoms with Gasteiger partial charge in [-0.3, -0.25) is 0 Å². The summed E-state index contributed by atoms with van der Waals surface area (Å²) in [6.07, 6.45) is 12.3. The van der Waals surface area contributed by atoms with Gasteiger partial charge in [-0.05, 0) is 24.2 Å². The summed E-state index contributed by atoms with van der Waals surface area (Å²) in [5.41, 5.74) is 0. The van der Waals surface area contributed by atoms with Crippen molar-refractivity contribution < 1.29 is 0 Å². The first-order valence-electron chi connectivity index (χ1n) is 5.84. The zero-order valence-electron chi connectivity index (χ0n) is 8.39. The van der Waals surface area contributed by atoms with E-state index in [1.54, 1.807) is 25.7 Å². The van der Waals surface area contributed by atoms with E-state index in [1.807, 2.05) is 0 Å². The first-order valence-corrected chi connectivity index (χ1v) is 5.84. The molecular weight excluding hydrogens is 144 g/mol. The van der Waals surface area contributed by atoms with E-state index in [0.29, 0.717) is 0 Å². The third kappa shape index (κ3) is 2.50. The van der Waals surface area contributed by atoms with Gasteiger partial charge in [0.15, 0.2) is 0 Å². The highest BCUT2D eigenvalue weighted by Crippen LogP contribution is 2.38. The van der Waals surface area contributed by atoms with E-state index in [0.717, 1.165) is 17.8 Å². The van der Waals surface area contributed by atoms with Crippen molar-refractivity contribution >= 4 is 0 Å². The first-order chi connectivity index (χ1) is 5.84. The molecule has 0 amide bonds. The van der Waals surface area contributed by atoms with E-state index in [9.17, 15) is 0 Å². The highest BCUT2D eigenvalue weighted by Gasteiger charge is 2.24. The van der Waals surface area contributed by atoms with Crippen LogP contribution in [0.2, 0.25) is 0 Å². The summed E-state index contributed by atoms with van der Waals surface area (Å²) in [7, 11) is 0. The van der Waals surface area contributed by atoms with E-state index in [4.69, 9.17) is 0 Å². The van der Waals surface area contributed by atoms with Gasteiger partial charge in [0, 0.05) is 0 Å². The average Bonchev–Trinajstić information content (AvgIpc) is 2.84. The normalized spacial score (nSPS) is 36.8.